The second-order valence-corrected chi connectivity index (χ2v) is 2.96. The van der Waals surface area contributed by atoms with Crippen molar-refractivity contribution in [1.82, 2.24) is 0 Å². The molecule has 10 heavy (non-hydrogen) atoms. The predicted molar refractivity (Wildman–Crippen MR) is 50.5 cm³/mol. The van der Waals surface area contributed by atoms with Crippen LogP contribution in [0.15, 0.2) is 12.8 Å². The lowest BCUT2D eigenvalue weighted by Crippen LogP contribution is -2.13. The normalized spacial score (nSPS) is 12.6. The van der Waals surface area contributed by atoms with Gasteiger partial charge < -0.3 is 9.47 Å². The van der Waals surface area contributed by atoms with Crippen LogP contribution < -0.4 is 0 Å². The highest BCUT2D eigenvalue weighted by Gasteiger charge is 1.97. The molecule has 2 nitrogen and oxygen atoms in total. The van der Waals surface area contributed by atoms with Crippen LogP contribution in [0.25, 0.3) is 0 Å². The zero-order chi connectivity index (χ0) is 7.82. The number of ether oxygens (including phenoxy) is 2. The molecule has 0 aromatic rings. The van der Waals surface area contributed by atoms with Crippen LogP contribution in [0.1, 0.15) is 6.92 Å². The summed E-state index contributed by atoms with van der Waals surface area (Å²) in [6.07, 6.45) is 1.57. The summed E-state index contributed by atoms with van der Waals surface area (Å²) in [4.78, 5) is 0. The number of hydrogen-bond acceptors (Lipinski definition) is 2. The van der Waals surface area contributed by atoms with Gasteiger partial charge in [0.2, 0.25) is 0 Å². The molecule has 0 spiro atoms. The van der Waals surface area contributed by atoms with Crippen molar-refractivity contribution in [3.8, 4) is 0 Å². The molecule has 0 aromatic carbocycles. The lowest BCUT2D eigenvalue weighted by Gasteiger charge is -2.09. The van der Waals surface area contributed by atoms with Gasteiger partial charge in [0.05, 0.1) is 19.5 Å². The average molecular weight is 256 g/mol. The Hall–Kier alpha value is 0.230. The molecule has 0 N–H and O–H groups in total. The van der Waals surface area contributed by atoms with Crippen LogP contribution in [-0.4, -0.2) is 23.7 Å². The minimum absolute atomic E-state index is 0.125. The number of rotatable bonds is 6. The second kappa shape index (κ2) is 7.34. The molecule has 0 bridgehead atoms. The summed E-state index contributed by atoms with van der Waals surface area (Å²) < 4.78 is 11.3. The lowest BCUT2D eigenvalue weighted by atomic mass is 10.4. The Balaban J connectivity index is 3.04. The van der Waals surface area contributed by atoms with Gasteiger partial charge in [0, 0.05) is 4.43 Å². The molecule has 3 heteroatoms. The summed E-state index contributed by atoms with van der Waals surface area (Å²) >= 11 is 2.27. The van der Waals surface area contributed by atoms with E-state index in [1.165, 1.54) is 6.26 Å². The van der Waals surface area contributed by atoms with Crippen molar-refractivity contribution in [3.05, 3.63) is 12.8 Å². The topological polar surface area (TPSA) is 18.5 Å². The van der Waals surface area contributed by atoms with Gasteiger partial charge in [-0.1, -0.05) is 29.2 Å². The van der Waals surface area contributed by atoms with Crippen LogP contribution in [0.5, 0.6) is 0 Å². The number of halogens is 1. The Morgan fingerprint density at radius 2 is 2.40 bits per heavy atom. The monoisotopic (exact) mass is 256 g/mol. The van der Waals surface area contributed by atoms with Crippen LogP contribution in [-0.2, 0) is 9.47 Å². The Kier molecular flexibility index (Phi) is 7.51. The van der Waals surface area contributed by atoms with Gasteiger partial charge in [-0.15, -0.1) is 0 Å². The van der Waals surface area contributed by atoms with E-state index in [4.69, 9.17) is 9.47 Å². The SMILES string of the molecule is C=COC(C)COCCI. The third-order valence-corrected chi connectivity index (χ3v) is 1.34. The van der Waals surface area contributed by atoms with Crippen molar-refractivity contribution in [2.24, 2.45) is 0 Å². The Morgan fingerprint density at radius 1 is 1.70 bits per heavy atom. The van der Waals surface area contributed by atoms with E-state index in [0.29, 0.717) is 6.61 Å². The first kappa shape index (κ1) is 10.2. The molecular weight excluding hydrogens is 243 g/mol. The van der Waals surface area contributed by atoms with Crippen molar-refractivity contribution < 1.29 is 9.47 Å². The first-order valence-electron chi connectivity index (χ1n) is 3.21. The zero-order valence-electron chi connectivity index (χ0n) is 6.18. The van der Waals surface area contributed by atoms with Gasteiger partial charge in [-0.05, 0) is 6.92 Å². The fourth-order valence-corrected chi connectivity index (χ4v) is 0.819. The predicted octanol–water partition coefficient (Wildman–Crippen LogP) is 1.99. The van der Waals surface area contributed by atoms with E-state index in [2.05, 4.69) is 29.2 Å². The van der Waals surface area contributed by atoms with Gasteiger partial charge in [0.25, 0.3) is 0 Å². The summed E-state index contributed by atoms with van der Waals surface area (Å²) in [5.41, 5.74) is 0. The minimum atomic E-state index is 0.125. The molecule has 1 unspecified atom stereocenters. The summed E-state index contributed by atoms with van der Waals surface area (Å²) in [7, 11) is 0. The highest BCUT2D eigenvalue weighted by Crippen LogP contribution is 1.92. The average Bonchev–Trinajstić information content (AvgIpc) is 1.89. The molecule has 0 saturated heterocycles. The number of hydrogen-bond donors (Lipinski definition) is 0. The molecule has 0 heterocycles. The molecule has 0 aliphatic carbocycles. The quantitative estimate of drug-likeness (QED) is 0.313. The summed E-state index contributed by atoms with van der Waals surface area (Å²) in [6.45, 7) is 6.85. The van der Waals surface area contributed by atoms with Crippen LogP contribution >= 0.6 is 22.6 Å². The molecule has 0 saturated carbocycles. The molecule has 0 amide bonds. The Morgan fingerprint density at radius 3 is 2.90 bits per heavy atom. The van der Waals surface area contributed by atoms with Gasteiger partial charge in [-0.3, -0.25) is 0 Å². The van der Waals surface area contributed by atoms with Crippen molar-refractivity contribution in [2.75, 3.05) is 17.6 Å². The van der Waals surface area contributed by atoms with Crippen molar-refractivity contribution in [2.45, 2.75) is 13.0 Å². The molecule has 0 radical (unpaired) electrons. The number of alkyl halides is 1. The third kappa shape index (κ3) is 6.35. The van der Waals surface area contributed by atoms with Gasteiger partial charge in [-0.2, -0.15) is 0 Å². The second-order valence-electron chi connectivity index (χ2n) is 1.88. The molecule has 0 aromatic heterocycles. The van der Waals surface area contributed by atoms with Crippen molar-refractivity contribution in [3.63, 3.8) is 0 Å². The largest absolute Gasteiger partial charge is 0.497 e. The molecule has 0 aliphatic heterocycles. The van der Waals surface area contributed by atoms with E-state index < -0.39 is 0 Å². The van der Waals surface area contributed by atoms with E-state index in [9.17, 15) is 0 Å². The van der Waals surface area contributed by atoms with Gasteiger partial charge in [0.1, 0.15) is 6.10 Å². The highest BCUT2D eigenvalue weighted by molar-refractivity contribution is 14.1. The van der Waals surface area contributed by atoms with E-state index in [-0.39, 0.29) is 6.10 Å². The minimum Gasteiger partial charge on any atom is -0.497 e. The van der Waals surface area contributed by atoms with E-state index in [1.54, 1.807) is 0 Å². The molecule has 0 fully saturated rings. The van der Waals surface area contributed by atoms with E-state index >= 15 is 0 Å². The first-order chi connectivity index (χ1) is 4.81. The molecule has 0 aliphatic rings. The van der Waals surface area contributed by atoms with Crippen molar-refractivity contribution in [1.29, 1.82) is 0 Å². The van der Waals surface area contributed by atoms with Gasteiger partial charge >= 0.3 is 0 Å². The molecule has 1 atom stereocenters. The van der Waals surface area contributed by atoms with Crippen LogP contribution in [0.2, 0.25) is 0 Å². The Bertz CT molecular complexity index is 85.7. The summed E-state index contributed by atoms with van der Waals surface area (Å²) in [5.74, 6) is 0. The van der Waals surface area contributed by atoms with Crippen LogP contribution in [0, 0.1) is 0 Å². The standard InChI is InChI=1S/C7H13IO2/c1-3-10-7(2)6-9-5-4-8/h3,7H,1,4-6H2,2H3. The maximum absolute atomic E-state index is 5.22. The lowest BCUT2D eigenvalue weighted by molar-refractivity contribution is 0.0445. The van der Waals surface area contributed by atoms with E-state index in [1.807, 2.05) is 6.92 Å². The maximum Gasteiger partial charge on any atom is 0.118 e. The maximum atomic E-state index is 5.22. The van der Waals surface area contributed by atoms with Crippen molar-refractivity contribution >= 4 is 22.6 Å². The smallest absolute Gasteiger partial charge is 0.118 e. The van der Waals surface area contributed by atoms with Crippen LogP contribution in [0.4, 0.5) is 0 Å². The van der Waals surface area contributed by atoms with E-state index in [0.717, 1.165) is 11.0 Å². The fourth-order valence-electron chi connectivity index (χ4n) is 0.507. The van der Waals surface area contributed by atoms with Gasteiger partial charge in [-0.25, -0.2) is 0 Å². The van der Waals surface area contributed by atoms with Gasteiger partial charge in [0.15, 0.2) is 0 Å². The first-order valence-corrected chi connectivity index (χ1v) is 4.74. The van der Waals surface area contributed by atoms with Crippen LogP contribution in [0.3, 0.4) is 0 Å². The zero-order valence-corrected chi connectivity index (χ0v) is 8.34. The highest BCUT2D eigenvalue weighted by atomic mass is 127. The fraction of sp³-hybridized carbons (Fsp3) is 0.714. The summed E-state index contributed by atoms with van der Waals surface area (Å²) in [5, 5.41) is 0. The molecule has 60 valence electrons. The Labute approximate surface area is 75.7 Å². The molecular formula is C7H13IO2. The molecule has 0 rings (SSSR count). The third-order valence-electron chi connectivity index (χ3n) is 0.903. The summed E-state index contributed by atoms with van der Waals surface area (Å²) in [6, 6.07) is 0.